The van der Waals surface area contributed by atoms with Gasteiger partial charge in [-0.05, 0) is 35.6 Å². The van der Waals surface area contributed by atoms with Crippen LogP contribution in [0.1, 0.15) is 44.7 Å². The van der Waals surface area contributed by atoms with Crippen molar-refractivity contribution in [2.75, 3.05) is 13.4 Å². The van der Waals surface area contributed by atoms with E-state index >= 15 is 0 Å². The van der Waals surface area contributed by atoms with Gasteiger partial charge in [0.05, 0.1) is 5.57 Å². The second-order valence-corrected chi connectivity index (χ2v) is 8.24. The topological polar surface area (TPSA) is 100 Å². The van der Waals surface area contributed by atoms with Crippen molar-refractivity contribution in [3.8, 4) is 5.75 Å². The van der Waals surface area contributed by atoms with Crippen LogP contribution in [-0.2, 0) is 29.3 Å². The van der Waals surface area contributed by atoms with E-state index in [4.69, 9.17) is 16.3 Å². The molecule has 0 radical (unpaired) electrons. The number of hydrogen-bond acceptors (Lipinski definition) is 8. The highest BCUT2D eigenvalue weighted by Gasteiger charge is 2.49. The molecule has 1 aliphatic rings. The van der Waals surface area contributed by atoms with E-state index in [0.717, 1.165) is 6.08 Å². The summed E-state index contributed by atoms with van der Waals surface area (Å²) in [7, 11) is 0. The number of hydrogen-bond donors (Lipinski definition) is 0. The summed E-state index contributed by atoms with van der Waals surface area (Å²) in [6, 6.07) is 2.83. The first-order valence-electron chi connectivity index (χ1n) is 9.41. The van der Waals surface area contributed by atoms with Crippen molar-refractivity contribution in [2.45, 2.75) is 51.3 Å². The van der Waals surface area contributed by atoms with Crippen molar-refractivity contribution in [3.63, 3.8) is 0 Å². The quantitative estimate of drug-likeness (QED) is 0.172. The molecule has 0 saturated carbocycles. The molecule has 12 heteroatoms. The van der Waals surface area contributed by atoms with Crippen LogP contribution in [0.5, 0.6) is 5.75 Å². The average molecular weight is 480 g/mol. The van der Waals surface area contributed by atoms with Gasteiger partial charge >= 0.3 is 18.1 Å². The summed E-state index contributed by atoms with van der Waals surface area (Å²) in [4.78, 5) is 37.7. The summed E-state index contributed by atoms with van der Waals surface area (Å²) in [6.45, 7) is 4.52. The zero-order valence-corrected chi connectivity index (χ0v) is 18.2. The first kappa shape index (κ1) is 25.4. The molecule has 1 aromatic rings. The van der Waals surface area contributed by atoms with Crippen LogP contribution in [0.4, 0.5) is 13.2 Å². The summed E-state index contributed by atoms with van der Waals surface area (Å²) < 4.78 is 55.2. The van der Waals surface area contributed by atoms with E-state index < -0.39 is 42.0 Å². The summed E-state index contributed by atoms with van der Waals surface area (Å²) in [5.74, 6) is -2.24. The Labute approximate surface area is 186 Å². The van der Waals surface area contributed by atoms with Gasteiger partial charge in [0, 0.05) is 17.0 Å². The molecule has 0 spiro atoms. The molecule has 0 aromatic heterocycles. The second kappa shape index (κ2) is 10.2. The van der Waals surface area contributed by atoms with Gasteiger partial charge in [0.25, 0.3) is 0 Å². The third kappa shape index (κ3) is 6.59. The normalized spacial score (nSPS) is 15.7. The number of benzene rings is 1. The zero-order chi connectivity index (χ0) is 24.1. The zero-order valence-electron chi connectivity index (χ0n) is 17.5. The smallest absolute Gasteiger partial charge is 0.430 e. The predicted molar refractivity (Wildman–Crippen MR) is 107 cm³/mol. The molecular weight excluding hydrogens is 459 g/mol. The van der Waals surface area contributed by atoms with Crippen LogP contribution in [0, 0.1) is 4.91 Å². The number of fused-ring (bicyclic) bond motifs is 1. The lowest BCUT2D eigenvalue weighted by molar-refractivity contribution is -0.190. The van der Waals surface area contributed by atoms with Crippen molar-refractivity contribution >= 4 is 29.6 Å². The Kier molecular flexibility index (Phi) is 8.11. The molecule has 0 aliphatic carbocycles. The highest BCUT2D eigenvalue weighted by molar-refractivity contribution is 6.31. The van der Waals surface area contributed by atoms with Crippen molar-refractivity contribution in [2.24, 2.45) is 5.34 Å². The highest BCUT2D eigenvalue weighted by Crippen LogP contribution is 2.42. The van der Waals surface area contributed by atoms with Gasteiger partial charge in [0.15, 0.2) is 5.34 Å². The molecule has 1 heterocycles. The number of carbonyl (C=O) groups is 2. The van der Waals surface area contributed by atoms with Gasteiger partial charge < -0.3 is 19.0 Å². The van der Waals surface area contributed by atoms with Crippen LogP contribution >= 0.6 is 11.6 Å². The maximum Gasteiger partial charge on any atom is 0.430 e. The summed E-state index contributed by atoms with van der Waals surface area (Å²) in [5.41, 5.74) is -0.506. The summed E-state index contributed by atoms with van der Waals surface area (Å²) in [6.07, 6.45) is -6.55. The molecule has 8 nitrogen and oxygen atoms in total. The Morgan fingerprint density at radius 1 is 1.19 bits per heavy atom. The number of esters is 2. The molecule has 1 aromatic carbocycles. The lowest BCUT2D eigenvalue weighted by Gasteiger charge is -2.30. The fraction of sp³-hybridized carbons (Fsp3) is 0.500. The number of ether oxygens (including phenoxy) is 3. The minimum atomic E-state index is -4.91. The van der Waals surface area contributed by atoms with E-state index in [9.17, 15) is 27.7 Å². The predicted octanol–water partition coefficient (Wildman–Crippen LogP) is 4.87. The van der Waals surface area contributed by atoms with Crippen LogP contribution in [0.2, 0.25) is 5.02 Å². The Hall–Kier alpha value is -2.82. The highest BCUT2D eigenvalue weighted by atomic mass is 35.5. The lowest BCUT2D eigenvalue weighted by atomic mass is 9.85. The van der Waals surface area contributed by atoms with E-state index in [1.807, 2.05) is 20.8 Å². The molecule has 0 amide bonds. The molecule has 1 atom stereocenters. The number of alkyl halides is 3. The molecule has 0 bridgehead atoms. The molecule has 0 N–H and O–H groups in total. The van der Waals surface area contributed by atoms with E-state index in [1.165, 1.54) is 12.1 Å². The Bertz CT molecular complexity index is 910. The first-order valence-corrected chi connectivity index (χ1v) is 9.78. The fourth-order valence-corrected chi connectivity index (χ4v) is 3.28. The van der Waals surface area contributed by atoms with Gasteiger partial charge in [-0.25, -0.2) is 4.79 Å². The maximum atomic E-state index is 13.6. The SMILES string of the molecule is CC(C)(C)c1cc2c(cc1Cl)C=C(C(=O)OCOC(=O)CCCON=O)[C@@H](C(F)(F)F)O2. The van der Waals surface area contributed by atoms with Crippen molar-refractivity contribution < 1.29 is 41.8 Å². The van der Waals surface area contributed by atoms with Gasteiger partial charge in [0.1, 0.15) is 12.4 Å². The van der Waals surface area contributed by atoms with Gasteiger partial charge in [-0.3, -0.25) is 4.79 Å². The van der Waals surface area contributed by atoms with Crippen molar-refractivity contribution in [3.05, 3.63) is 38.8 Å². The number of halogens is 4. The number of carbonyl (C=O) groups excluding carboxylic acids is 2. The lowest BCUT2D eigenvalue weighted by Crippen LogP contribution is -2.41. The maximum absolute atomic E-state index is 13.6. The number of rotatable bonds is 8. The third-order valence-corrected chi connectivity index (χ3v) is 4.67. The van der Waals surface area contributed by atoms with Gasteiger partial charge in [0.2, 0.25) is 12.9 Å². The molecule has 176 valence electrons. The van der Waals surface area contributed by atoms with Crippen LogP contribution < -0.4 is 4.74 Å². The Morgan fingerprint density at radius 3 is 2.47 bits per heavy atom. The molecule has 0 unspecified atom stereocenters. The monoisotopic (exact) mass is 479 g/mol. The Morgan fingerprint density at radius 2 is 1.88 bits per heavy atom. The minimum Gasteiger partial charge on any atom is -0.475 e. The first-order chi connectivity index (χ1) is 14.8. The summed E-state index contributed by atoms with van der Waals surface area (Å²) >= 11 is 6.27. The van der Waals surface area contributed by atoms with Crippen molar-refractivity contribution in [1.82, 2.24) is 0 Å². The largest absolute Gasteiger partial charge is 0.475 e. The number of nitrogens with zero attached hydrogens (tertiary/aromatic N) is 1. The van der Waals surface area contributed by atoms with Gasteiger partial charge in [-0.15, -0.1) is 4.91 Å². The molecule has 32 heavy (non-hydrogen) atoms. The van der Waals surface area contributed by atoms with Crippen LogP contribution in [0.15, 0.2) is 23.0 Å². The Balaban J connectivity index is 2.16. The molecule has 2 rings (SSSR count). The van der Waals surface area contributed by atoms with E-state index in [2.05, 4.69) is 19.7 Å². The van der Waals surface area contributed by atoms with Crippen LogP contribution in [0.3, 0.4) is 0 Å². The second-order valence-electron chi connectivity index (χ2n) is 7.84. The fourth-order valence-electron chi connectivity index (χ4n) is 2.82. The van der Waals surface area contributed by atoms with E-state index in [1.54, 1.807) is 0 Å². The van der Waals surface area contributed by atoms with E-state index in [-0.39, 0.29) is 30.8 Å². The van der Waals surface area contributed by atoms with Gasteiger partial charge in [-0.2, -0.15) is 13.2 Å². The summed E-state index contributed by atoms with van der Waals surface area (Å²) in [5, 5.41) is 2.45. The van der Waals surface area contributed by atoms with E-state index in [0.29, 0.717) is 10.6 Å². The molecule has 0 saturated heterocycles. The average Bonchev–Trinajstić information content (AvgIpc) is 2.68. The third-order valence-electron chi connectivity index (χ3n) is 4.36. The molecular formula is C20H21ClF3NO7. The molecule has 1 aliphatic heterocycles. The van der Waals surface area contributed by atoms with Crippen molar-refractivity contribution in [1.29, 1.82) is 0 Å². The molecule has 0 fully saturated rings. The minimum absolute atomic E-state index is 0.0725. The van der Waals surface area contributed by atoms with Crippen LogP contribution in [-0.4, -0.2) is 37.6 Å². The standard InChI is InChI=1S/C20H21ClF3NO7/c1-19(2,3)13-9-15-11(8-14(13)21)7-12(17(32-15)20(22,23)24)18(27)30-10-29-16(26)5-4-6-31-25-28/h7-9,17H,4-6,10H2,1-3H3/t17-/m0/s1. The van der Waals surface area contributed by atoms with Gasteiger partial charge in [-0.1, -0.05) is 32.4 Å². The van der Waals surface area contributed by atoms with Crippen LogP contribution in [0.25, 0.3) is 6.08 Å².